The first-order chi connectivity index (χ1) is 10.0. The van der Waals surface area contributed by atoms with Gasteiger partial charge in [0.15, 0.2) is 0 Å². The highest BCUT2D eigenvalue weighted by Crippen LogP contribution is 2.17. The number of aromatic nitrogens is 1. The molecule has 0 bridgehead atoms. The highest BCUT2D eigenvalue weighted by molar-refractivity contribution is 9.10. The van der Waals surface area contributed by atoms with E-state index in [-0.39, 0.29) is 0 Å². The number of pyridine rings is 1. The van der Waals surface area contributed by atoms with Crippen molar-refractivity contribution < 1.29 is 0 Å². The Labute approximate surface area is 135 Å². The maximum atomic E-state index is 4.42. The van der Waals surface area contributed by atoms with E-state index in [2.05, 4.69) is 88.4 Å². The van der Waals surface area contributed by atoms with Crippen LogP contribution >= 0.6 is 15.9 Å². The molecule has 2 aromatic rings. The fourth-order valence-electron chi connectivity index (χ4n) is 2.06. The van der Waals surface area contributed by atoms with Gasteiger partial charge < -0.3 is 10.2 Å². The average molecular weight is 348 g/mol. The zero-order valence-electron chi connectivity index (χ0n) is 12.8. The zero-order valence-corrected chi connectivity index (χ0v) is 14.4. The van der Waals surface area contributed by atoms with Crippen molar-refractivity contribution in [3.8, 4) is 0 Å². The Morgan fingerprint density at radius 1 is 1.19 bits per heavy atom. The van der Waals surface area contributed by atoms with Crippen molar-refractivity contribution in [3.05, 3.63) is 58.3 Å². The lowest BCUT2D eigenvalue weighted by Gasteiger charge is -2.20. The van der Waals surface area contributed by atoms with Crippen molar-refractivity contribution in [2.75, 3.05) is 11.9 Å². The molecule has 1 N–H and O–H groups in total. The van der Waals surface area contributed by atoms with Gasteiger partial charge in [-0.05, 0) is 29.8 Å². The average Bonchev–Trinajstić information content (AvgIpc) is 2.48. The molecule has 0 amide bonds. The highest BCUT2D eigenvalue weighted by Gasteiger charge is 2.04. The topological polar surface area (TPSA) is 28.2 Å². The van der Waals surface area contributed by atoms with Gasteiger partial charge in [0.25, 0.3) is 0 Å². The summed E-state index contributed by atoms with van der Waals surface area (Å²) in [6, 6.07) is 13.1. The van der Waals surface area contributed by atoms with Gasteiger partial charge in [0.1, 0.15) is 0 Å². The molecule has 1 aromatic carbocycles. The van der Waals surface area contributed by atoms with Crippen LogP contribution in [-0.2, 0) is 13.1 Å². The molecule has 112 valence electrons. The SMILES string of the molecule is CC(C)NCc1cc(N(C)Cc2ccc(Br)cc2)ccn1. The van der Waals surface area contributed by atoms with E-state index in [1.807, 2.05) is 6.20 Å². The van der Waals surface area contributed by atoms with Crippen molar-refractivity contribution in [1.82, 2.24) is 10.3 Å². The zero-order chi connectivity index (χ0) is 15.2. The quantitative estimate of drug-likeness (QED) is 0.856. The molecule has 2 rings (SSSR count). The maximum Gasteiger partial charge on any atom is 0.0562 e. The molecular formula is C17H22BrN3. The number of anilines is 1. The largest absolute Gasteiger partial charge is 0.370 e. The van der Waals surface area contributed by atoms with E-state index >= 15 is 0 Å². The third-order valence-corrected chi connectivity index (χ3v) is 3.79. The van der Waals surface area contributed by atoms with Gasteiger partial charge in [-0.3, -0.25) is 4.98 Å². The highest BCUT2D eigenvalue weighted by atomic mass is 79.9. The minimum atomic E-state index is 0.468. The van der Waals surface area contributed by atoms with E-state index in [0.29, 0.717) is 6.04 Å². The molecule has 3 nitrogen and oxygen atoms in total. The van der Waals surface area contributed by atoms with E-state index in [1.165, 1.54) is 11.3 Å². The molecule has 0 atom stereocenters. The molecule has 0 radical (unpaired) electrons. The molecule has 0 unspecified atom stereocenters. The van der Waals surface area contributed by atoms with Gasteiger partial charge >= 0.3 is 0 Å². The van der Waals surface area contributed by atoms with Crippen LogP contribution in [-0.4, -0.2) is 18.1 Å². The molecule has 0 aliphatic rings. The molecule has 0 aliphatic heterocycles. The van der Waals surface area contributed by atoms with Crippen LogP contribution in [0.5, 0.6) is 0 Å². The Bertz CT molecular complexity index is 567. The van der Waals surface area contributed by atoms with Crippen molar-refractivity contribution in [1.29, 1.82) is 0 Å². The Kier molecular flexibility index (Phi) is 5.76. The van der Waals surface area contributed by atoms with Crippen LogP contribution in [0.2, 0.25) is 0 Å². The molecule has 0 fully saturated rings. The lowest BCUT2D eigenvalue weighted by atomic mass is 10.2. The van der Waals surface area contributed by atoms with E-state index in [9.17, 15) is 0 Å². The first-order valence-electron chi connectivity index (χ1n) is 7.18. The monoisotopic (exact) mass is 347 g/mol. The Morgan fingerprint density at radius 2 is 1.90 bits per heavy atom. The van der Waals surface area contributed by atoms with E-state index in [0.717, 1.165) is 23.3 Å². The summed E-state index contributed by atoms with van der Waals surface area (Å²) in [6.45, 7) is 5.97. The first-order valence-corrected chi connectivity index (χ1v) is 7.98. The van der Waals surface area contributed by atoms with Crippen LogP contribution in [0.4, 0.5) is 5.69 Å². The predicted molar refractivity (Wildman–Crippen MR) is 92.5 cm³/mol. The van der Waals surface area contributed by atoms with E-state index in [4.69, 9.17) is 0 Å². The summed E-state index contributed by atoms with van der Waals surface area (Å²) < 4.78 is 1.11. The predicted octanol–water partition coefficient (Wildman–Crippen LogP) is 3.98. The van der Waals surface area contributed by atoms with Crippen LogP contribution in [0.25, 0.3) is 0 Å². The van der Waals surface area contributed by atoms with Crippen molar-refractivity contribution in [2.45, 2.75) is 33.0 Å². The van der Waals surface area contributed by atoms with Gasteiger partial charge in [0.2, 0.25) is 0 Å². The van der Waals surface area contributed by atoms with Crippen molar-refractivity contribution in [3.63, 3.8) is 0 Å². The number of halogens is 1. The molecule has 0 saturated carbocycles. The van der Waals surface area contributed by atoms with Crippen molar-refractivity contribution in [2.24, 2.45) is 0 Å². The van der Waals surface area contributed by atoms with Gasteiger partial charge in [0.05, 0.1) is 5.69 Å². The number of benzene rings is 1. The fourth-order valence-corrected chi connectivity index (χ4v) is 2.33. The standard InChI is InChI=1S/C17H22BrN3/c1-13(2)20-11-16-10-17(8-9-19-16)21(3)12-14-4-6-15(18)7-5-14/h4-10,13,20H,11-12H2,1-3H3. The van der Waals surface area contributed by atoms with Crippen LogP contribution in [0.15, 0.2) is 47.1 Å². The molecule has 1 heterocycles. The number of hydrogen-bond acceptors (Lipinski definition) is 3. The lowest BCUT2D eigenvalue weighted by molar-refractivity contribution is 0.581. The fraction of sp³-hybridized carbons (Fsp3) is 0.353. The summed E-state index contributed by atoms with van der Waals surface area (Å²) in [4.78, 5) is 6.66. The second kappa shape index (κ2) is 7.57. The van der Waals surface area contributed by atoms with Crippen LogP contribution in [0.3, 0.4) is 0 Å². The van der Waals surface area contributed by atoms with Gasteiger partial charge in [-0.15, -0.1) is 0 Å². The lowest BCUT2D eigenvalue weighted by Crippen LogP contribution is -2.23. The molecule has 0 saturated heterocycles. The summed E-state index contributed by atoms with van der Waals surface area (Å²) in [5.41, 5.74) is 3.55. The van der Waals surface area contributed by atoms with Gasteiger partial charge in [-0.1, -0.05) is 41.9 Å². The second-order valence-electron chi connectivity index (χ2n) is 5.52. The van der Waals surface area contributed by atoms with Crippen LogP contribution in [0.1, 0.15) is 25.1 Å². The maximum absolute atomic E-state index is 4.42. The Balaban J connectivity index is 2.03. The first kappa shape index (κ1) is 16.0. The van der Waals surface area contributed by atoms with Gasteiger partial charge in [-0.2, -0.15) is 0 Å². The van der Waals surface area contributed by atoms with Gasteiger partial charge in [0, 0.05) is 42.5 Å². The van der Waals surface area contributed by atoms with E-state index < -0.39 is 0 Å². The van der Waals surface area contributed by atoms with Gasteiger partial charge in [-0.25, -0.2) is 0 Å². The third-order valence-electron chi connectivity index (χ3n) is 3.27. The molecule has 1 aromatic heterocycles. The summed E-state index contributed by atoms with van der Waals surface area (Å²) >= 11 is 3.47. The van der Waals surface area contributed by atoms with E-state index in [1.54, 1.807) is 0 Å². The van der Waals surface area contributed by atoms with Crippen LogP contribution < -0.4 is 10.2 Å². The molecular weight excluding hydrogens is 326 g/mol. The molecule has 21 heavy (non-hydrogen) atoms. The normalized spacial score (nSPS) is 10.9. The molecule has 0 spiro atoms. The Morgan fingerprint density at radius 3 is 2.57 bits per heavy atom. The van der Waals surface area contributed by atoms with Crippen LogP contribution in [0, 0.1) is 0 Å². The minimum absolute atomic E-state index is 0.468. The second-order valence-corrected chi connectivity index (χ2v) is 6.44. The summed E-state index contributed by atoms with van der Waals surface area (Å²) in [5, 5.41) is 3.40. The van der Waals surface area contributed by atoms with Crippen molar-refractivity contribution >= 4 is 21.6 Å². The summed E-state index contributed by atoms with van der Waals surface area (Å²) in [7, 11) is 2.11. The molecule has 0 aliphatic carbocycles. The number of hydrogen-bond donors (Lipinski definition) is 1. The smallest absolute Gasteiger partial charge is 0.0562 e. The minimum Gasteiger partial charge on any atom is -0.370 e. The summed E-state index contributed by atoms with van der Waals surface area (Å²) in [6.07, 6.45) is 1.88. The number of rotatable bonds is 6. The summed E-state index contributed by atoms with van der Waals surface area (Å²) in [5.74, 6) is 0. The number of nitrogens with one attached hydrogen (secondary N) is 1. The Hall–Kier alpha value is -1.39. The molecule has 4 heteroatoms. The third kappa shape index (κ3) is 5.14. The number of nitrogens with zero attached hydrogens (tertiary/aromatic N) is 2.